The van der Waals surface area contributed by atoms with Crippen LogP contribution in [0.15, 0.2) is 36.4 Å². The predicted octanol–water partition coefficient (Wildman–Crippen LogP) is 2.14. The van der Waals surface area contributed by atoms with E-state index in [0.29, 0.717) is 0 Å². The molecule has 0 saturated heterocycles. The van der Waals surface area contributed by atoms with Gasteiger partial charge < -0.3 is 0 Å². The molecule has 0 bridgehead atoms. The van der Waals surface area contributed by atoms with Crippen LogP contribution >= 0.6 is 0 Å². The molecular formula is C9H8NO2. The summed E-state index contributed by atoms with van der Waals surface area (Å²) in [6, 6.07) is 9.42. The quantitative estimate of drug-likeness (QED) is 0.504. The van der Waals surface area contributed by atoms with Crippen LogP contribution in [0.25, 0.3) is 6.08 Å². The lowest BCUT2D eigenvalue weighted by molar-refractivity contribution is -0.428. The first-order chi connectivity index (χ1) is 5.79. The van der Waals surface area contributed by atoms with Crippen LogP contribution in [0.4, 0.5) is 0 Å². The van der Waals surface area contributed by atoms with Crippen LogP contribution < -0.4 is 0 Å². The van der Waals surface area contributed by atoms with Gasteiger partial charge in [-0.1, -0.05) is 36.4 Å². The van der Waals surface area contributed by atoms with Crippen molar-refractivity contribution in [2.24, 2.45) is 0 Å². The summed E-state index contributed by atoms with van der Waals surface area (Å²) in [5.74, 6) is 0. The number of nitro groups is 1. The highest BCUT2D eigenvalue weighted by Gasteiger charge is 1.90. The van der Waals surface area contributed by atoms with Gasteiger partial charge in [-0.15, -0.1) is 0 Å². The molecular weight excluding hydrogens is 154 g/mol. The molecule has 0 spiro atoms. The Labute approximate surface area is 70.5 Å². The summed E-state index contributed by atoms with van der Waals surface area (Å²) in [4.78, 5) is 9.40. The Bertz CT molecular complexity index is 280. The van der Waals surface area contributed by atoms with Gasteiger partial charge in [-0.25, -0.2) is 0 Å². The second kappa shape index (κ2) is 4.28. The Morgan fingerprint density at radius 2 is 1.92 bits per heavy atom. The van der Waals surface area contributed by atoms with Gasteiger partial charge in [0, 0.05) is 4.92 Å². The van der Waals surface area contributed by atoms with E-state index >= 15 is 0 Å². The summed E-state index contributed by atoms with van der Waals surface area (Å²) in [7, 11) is 0. The molecule has 12 heavy (non-hydrogen) atoms. The minimum absolute atomic E-state index is 0.487. The van der Waals surface area contributed by atoms with Crippen LogP contribution in [0.1, 0.15) is 5.56 Å². The SMILES string of the molecule is O=[N+]([O-])[CH]C=Cc1ccccc1. The lowest BCUT2D eigenvalue weighted by Crippen LogP contribution is -1.87. The number of hydrogen-bond donors (Lipinski definition) is 0. The Morgan fingerprint density at radius 3 is 2.50 bits per heavy atom. The first kappa shape index (κ1) is 8.46. The van der Waals surface area contributed by atoms with Crippen molar-refractivity contribution in [3.63, 3.8) is 0 Å². The van der Waals surface area contributed by atoms with Crippen LogP contribution in [0.3, 0.4) is 0 Å². The third-order valence-electron chi connectivity index (χ3n) is 1.30. The van der Waals surface area contributed by atoms with E-state index in [0.717, 1.165) is 12.1 Å². The van der Waals surface area contributed by atoms with Crippen molar-refractivity contribution >= 4 is 6.08 Å². The van der Waals surface area contributed by atoms with Crippen molar-refractivity contribution in [3.8, 4) is 0 Å². The molecule has 0 aliphatic rings. The maximum Gasteiger partial charge on any atom is 0.301 e. The molecule has 3 heteroatoms. The summed E-state index contributed by atoms with van der Waals surface area (Å²) in [5, 5.41) is 9.89. The van der Waals surface area contributed by atoms with E-state index in [1.54, 1.807) is 6.08 Å². The molecule has 1 radical (unpaired) electrons. The van der Waals surface area contributed by atoms with Crippen LogP contribution in [0, 0.1) is 16.7 Å². The van der Waals surface area contributed by atoms with Crippen LogP contribution in [-0.4, -0.2) is 4.92 Å². The van der Waals surface area contributed by atoms with E-state index in [1.807, 2.05) is 30.3 Å². The summed E-state index contributed by atoms with van der Waals surface area (Å²) in [6.07, 6.45) is 3.10. The van der Waals surface area contributed by atoms with Crippen molar-refractivity contribution in [1.29, 1.82) is 0 Å². The first-order valence-corrected chi connectivity index (χ1v) is 3.49. The first-order valence-electron chi connectivity index (χ1n) is 3.49. The normalized spacial score (nSPS) is 10.3. The second-order valence-electron chi connectivity index (χ2n) is 2.20. The molecule has 0 aliphatic carbocycles. The molecule has 0 saturated carbocycles. The van der Waals surface area contributed by atoms with E-state index in [9.17, 15) is 10.1 Å². The van der Waals surface area contributed by atoms with Crippen molar-refractivity contribution in [3.05, 3.63) is 58.6 Å². The maximum atomic E-state index is 9.89. The van der Waals surface area contributed by atoms with Crippen molar-refractivity contribution < 1.29 is 4.92 Å². The number of hydrogen-bond acceptors (Lipinski definition) is 2. The van der Waals surface area contributed by atoms with Gasteiger partial charge in [0.1, 0.15) is 0 Å². The fourth-order valence-corrected chi connectivity index (χ4v) is 0.789. The van der Waals surface area contributed by atoms with Gasteiger partial charge >= 0.3 is 6.54 Å². The highest BCUT2D eigenvalue weighted by atomic mass is 16.6. The monoisotopic (exact) mass is 162 g/mol. The van der Waals surface area contributed by atoms with Gasteiger partial charge in [0.25, 0.3) is 0 Å². The third-order valence-corrected chi connectivity index (χ3v) is 1.30. The maximum absolute atomic E-state index is 9.89. The highest BCUT2D eigenvalue weighted by Crippen LogP contribution is 2.01. The molecule has 0 atom stereocenters. The number of benzene rings is 1. The molecule has 3 nitrogen and oxygen atoms in total. The van der Waals surface area contributed by atoms with Gasteiger partial charge in [-0.05, 0) is 11.6 Å². The molecule has 0 unspecified atom stereocenters. The molecule has 0 aliphatic heterocycles. The third kappa shape index (κ3) is 2.96. The summed E-state index contributed by atoms with van der Waals surface area (Å²) < 4.78 is 0. The van der Waals surface area contributed by atoms with Crippen molar-refractivity contribution in [2.45, 2.75) is 0 Å². The fraction of sp³-hybridized carbons (Fsp3) is 0. The van der Waals surface area contributed by atoms with E-state index < -0.39 is 4.92 Å². The van der Waals surface area contributed by atoms with Gasteiger partial charge in [0.2, 0.25) is 0 Å². The number of rotatable bonds is 3. The zero-order valence-electron chi connectivity index (χ0n) is 6.38. The zero-order chi connectivity index (χ0) is 8.81. The summed E-state index contributed by atoms with van der Waals surface area (Å²) in [6.45, 7) is 0.910. The zero-order valence-corrected chi connectivity index (χ0v) is 6.38. The molecule has 0 heterocycles. The molecule has 61 valence electrons. The fourth-order valence-electron chi connectivity index (χ4n) is 0.789. The van der Waals surface area contributed by atoms with Crippen LogP contribution in [0.5, 0.6) is 0 Å². The largest absolute Gasteiger partial charge is 0.301 e. The van der Waals surface area contributed by atoms with Crippen LogP contribution in [0.2, 0.25) is 0 Å². The second-order valence-corrected chi connectivity index (χ2v) is 2.20. The molecule has 0 amide bonds. The van der Waals surface area contributed by atoms with Crippen molar-refractivity contribution in [1.82, 2.24) is 0 Å². The van der Waals surface area contributed by atoms with E-state index in [4.69, 9.17) is 0 Å². The predicted molar refractivity (Wildman–Crippen MR) is 46.8 cm³/mol. The van der Waals surface area contributed by atoms with Gasteiger partial charge in [-0.3, -0.25) is 10.1 Å². The molecule has 1 rings (SSSR count). The lowest BCUT2D eigenvalue weighted by atomic mass is 10.2. The molecule has 0 fully saturated rings. The Balaban J connectivity index is 2.52. The Hall–Kier alpha value is -1.64. The molecule has 1 aromatic carbocycles. The summed E-state index contributed by atoms with van der Waals surface area (Å²) >= 11 is 0. The Kier molecular flexibility index (Phi) is 3.02. The minimum Gasteiger partial charge on any atom is -0.264 e. The van der Waals surface area contributed by atoms with Crippen molar-refractivity contribution in [2.75, 3.05) is 0 Å². The topological polar surface area (TPSA) is 43.1 Å². The molecule has 0 N–H and O–H groups in total. The average molecular weight is 162 g/mol. The smallest absolute Gasteiger partial charge is 0.264 e. The average Bonchev–Trinajstić information content (AvgIpc) is 2.05. The molecule has 1 aromatic rings. The van der Waals surface area contributed by atoms with Gasteiger partial charge in [0.15, 0.2) is 0 Å². The highest BCUT2D eigenvalue weighted by molar-refractivity contribution is 5.49. The lowest BCUT2D eigenvalue weighted by Gasteiger charge is -1.88. The van der Waals surface area contributed by atoms with E-state index in [-0.39, 0.29) is 0 Å². The minimum atomic E-state index is -0.487. The standard InChI is InChI=1S/C9H8NO2/c11-10(12)8-4-7-9-5-2-1-3-6-9/h1-8H. The van der Waals surface area contributed by atoms with E-state index in [1.165, 1.54) is 6.08 Å². The van der Waals surface area contributed by atoms with Crippen LogP contribution in [-0.2, 0) is 0 Å². The van der Waals surface area contributed by atoms with Gasteiger partial charge in [0.05, 0.1) is 0 Å². The molecule has 0 aromatic heterocycles. The summed E-state index contributed by atoms with van der Waals surface area (Å²) in [5.41, 5.74) is 0.954. The Morgan fingerprint density at radius 1 is 1.25 bits per heavy atom. The van der Waals surface area contributed by atoms with E-state index in [2.05, 4.69) is 0 Å². The number of nitrogens with zero attached hydrogens (tertiary/aromatic N) is 1. The van der Waals surface area contributed by atoms with Gasteiger partial charge in [-0.2, -0.15) is 0 Å².